The Morgan fingerprint density at radius 1 is 1.00 bits per heavy atom. The summed E-state index contributed by atoms with van der Waals surface area (Å²) >= 11 is 0. The van der Waals surface area contributed by atoms with Gasteiger partial charge in [0.05, 0.1) is 11.8 Å². The molecule has 1 aliphatic rings. The lowest BCUT2D eigenvalue weighted by atomic mass is 9.89. The van der Waals surface area contributed by atoms with Gasteiger partial charge >= 0.3 is 0 Å². The maximum Gasteiger partial charge on any atom is 0.0985 e. The van der Waals surface area contributed by atoms with Crippen molar-refractivity contribution in [3.63, 3.8) is 0 Å². The number of aromatic nitrogens is 2. The summed E-state index contributed by atoms with van der Waals surface area (Å²) in [5.74, 6) is 0.306. The largest absolute Gasteiger partial charge is 0.387 e. The monoisotopic (exact) mass is 361 g/mol. The van der Waals surface area contributed by atoms with Crippen LogP contribution in [0.3, 0.4) is 0 Å². The lowest BCUT2D eigenvalue weighted by Gasteiger charge is -2.34. The number of hydrogen-bond acceptors (Lipinski definition) is 3. The number of aliphatic hydroxyl groups is 1. The zero-order valence-corrected chi connectivity index (χ0v) is 15.8. The Morgan fingerprint density at radius 2 is 1.70 bits per heavy atom. The Balaban J connectivity index is 1.41. The van der Waals surface area contributed by atoms with Gasteiger partial charge in [0, 0.05) is 19.8 Å². The van der Waals surface area contributed by atoms with E-state index in [-0.39, 0.29) is 0 Å². The van der Waals surface area contributed by atoms with E-state index in [1.807, 2.05) is 13.1 Å². The first-order valence-electron chi connectivity index (χ1n) is 9.74. The fourth-order valence-corrected chi connectivity index (χ4v) is 4.14. The van der Waals surface area contributed by atoms with Crippen molar-refractivity contribution >= 4 is 0 Å². The lowest BCUT2D eigenvalue weighted by Crippen LogP contribution is -2.35. The molecule has 1 saturated heterocycles. The number of piperidine rings is 1. The Morgan fingerprint density at radius 3 is 2.41 bits per heavy atom. The zero-order chi connectivity index (χ0) is 18.6. The number of rotatable bonds is 5. The third-order valence-corrected chi connectivity index (χ3v) is 5.74. The number of aryl methyl sites for hydroxylation is 1. The highest BCUT2D eigenvalue weighted by atomic mass is 16.3. The summed E-state index contributed by atoms with van der Waals surface area (Å²) in [6.45, 7) is 2.99. The van der Waals surface area contributed by atoms with E-state index in [1.54, 1.807) is 10.9 Å². The Hall–Kier alpha value is -2.43. The Kier molecular flexibility index (Phi) is 5.37. The summed E-state index contributed by atoms with van der Waals surface area (Å²) in [7, 11) is 1.90. The molecule has 2 heterocycles. The molecule has 1 atom stereocenters. The molecular formula is C23H27N3O. The smallest absolute Gasteiger partial charge is 0.0985 e. The molecular weight excluding hydrogens is 334 g/mol. The van der Waals surface area contributed by atoms with Gasteiger partial charge in [0.15, 0.2) is 0 Å². The van der Waals surface area contributed by atoms with E-state index in [9.17, 15) is 5.11 Å². The van der Waals surface area contributed by atoms with Crippen molar-refractivity contribution in [3.8, 4) is 11.1 Å². The van der Waals surface area contributed by atoms with Crippen LogP contribution in [0.15, 0.2) is 66.9 Å². The van der Waals surface area contributed by atoms with Crippen molar-refractivity contribution in [2.75, 3.05) is 13.1 Å². The molecule has 1 aromatic heterocycles. The second-order valence-corrected chi connectivity index (χ2v) is 7.46. The molecule has 4 rings (SSSR count). The van der Waals surface area contributed by atoms with Crippen molar-refractivity contribution in [1.82, 2.24) is 14.7 Å². The first kappa shape index (κ1) is 18.0. The molecule has 3 aromatic rings. The Bertz CT molecular complexity index is 866. The molecule has 0 amide bonds. The van der Waals surface area contributed by atoms with Crippen LogP contribution in [-0.4, -0.2) is 32.9 Å². The summed E-state index contributed by atoms with van der Waals surface area (Å²) in [4.78, 5) is 2.51. The number of likely N-dealkylation sites (tertiary alicyclic amines) is 1. The molecule has 0 spiro atoms. The molecule has 0 saturated carbocycles. The summed E-state index contributed by atoms with van der Waals surface area (Å²) in [5.41, 5.74) is 4.88. The van der Waals surface area contributed by atoms with Gasteiger partial charge in [-0.05, 0) is 54.6 Å². The van der Waals surface area contributed by atoms with Crippen molar-refractivity contribution < 1.29 is 5.11 Å². The molecule has 0 radical (unpaired) electrons. The van der Waals surface area contributed by atoms with Crippen LogP contribution in [0.1, 0.15) is 30.2 Å². The highest BCUT2D eigenvalue weighted by molar-refractivity contribution is 5.67. The minimum Gasteiger partial charge on any atom is -0.387 e. The highest BCUT2D eigenvalue weighted by Gasteiger charge is 2.28. The molecule has 1 unspecified atom stereocenters. The predicted octanol–water partition coefficient (Wildman–Crippen LogP) is 4.03. The maximum atomic E-state index is 10.7. The predicted molar refractivity (Wildman–Crippen MR) is 108 cm³/mol. The fraction of sp³-hybridized carbons (Fsp3) is 0.348. The van der Waals surface area contributed by atoms with Crippen molar-refractivity contribution in [2.45, 2.75) is 25.5 Å². The van der Waals surface area contributed by atoms with Crippen LogP contribution in [0, 0.1) is 5.92 Å². The van der Waals surface area contributed by atoms with Crippen LogP contribution in [0.4, 0.5) is 0 Å². The highest BCUT2D eigenvalue weighted by Crippen LogP contribution is 2.32. The van der Waals surface area contributed by atoms with Gasteiger partial charge in [0.25, 0.3) is 0 Å². The quantitative estimate of drug-likeness (QED) is 0.746. The van der Waals surface area contributed by atoms with Crippen molar-refractivity contribution in [1.29, 1.82) is 0 Å². The van der Waals surface area contributed by atoms with Crippen LogP contribution < -0.4 is 0 Å². The molecule has 1 aliphatic heterocycles. The summed E-state index contributed by atoms with van der Waals surface area (Å²) in [6.07, 6.45) is 3.37. The van der Waals surface area contributed by atoms with E-state index < -0.39 is 6.10 Å². The van der Waals surface area contributed by atoms with Crippen LogP contribution in [-0.2, 0) is 13.6 Å². The van der Waals surface area contributed by atoms with Gasteiger partial charge in [-0.2, -0.15) is 5.10 Å². The average Bonchev–Trinajstić information content (AvgIpc) is 3.15. The molecule has 4 heteroatoms. The third-order valence-electron chi connectivity index (χ3n) is 5.74. The fourth-order valence-electron chi connectivity index (χ4n) is 4.14. The van der Waals surface area contributed by atoms with Crippen molar-refractivity contribution in [3.05, 3.63) is 78.1 Å². The summed E-state index contributed by atoms with van der Waals surface area (Å²) in [6, 6.07) is 21.2. The van der Waals surface area contributed by atoms with Gasteiger partial charge < -0.3 is 5.11 Å². The van der Waals surface area contributed by atoms with E-state index in [0.717, 1.165) is 38.2 Å². The van der Waals surface area contributed by atoms with Crippen LogP contribution in [0.5, 0.6) is 0 Å². The van der Waals surface area contributed by atoms with E-state index in [2.05, 4.69) is 64.6 Å². The van der Waals surface area contributed by atoms with Gasteiger partial charge in [-0.15, -0.1) is 0 Å². The first-order valence-corrected chi connectivity index (χ1v) is 9.74. The second-order valence-electron chi connectivity index (χ2n) is 7.46. The molecule has 27 heavy (non-hydrogen) atoms. The van der Waals surface area contributed by atoms with E-state index in [4.69, 9.17) is 0 Å². The third kappa shape index (κ3) is 3.97. The molecule has 0 aliphatic carbocycles. The van der Waals surface area contributed by atoms with E-state index >= 15 is 0 Å². The van der Waals surface area contributed by atoms with Crippen LogP contribution in [0.2, 0.25) is 0 Å². The summed E-state index contributed by atoms with van der Waals surface area (Å²) < 4.78 is 1.78. The standard InChI is InChI=1S/C23H27N3O/c1-25-22(11-14-24-25)23(27)19-12-15-26(16-13-19)17-20-9-5-6-10-21(20)18-7-3-2-4-8-18/h2-11,14,19,23,27H,12-13,15-17H2,1H3. The van der Waals surface area contributed by atoms with Gasteiger partial charge in [-0.25, -0.2) is 0 Å². The minimum absolute atomic E-state index is 0.306. The minimum atomic E-state index is -0.420. The SMILES string of the molecule is Cn1nccc1C(O)C1CCN(Cc2ccccc2-c2ccccc2)CC1. The normalized spacial score (nSPS) is 17.1. The van der Waals surface area contributed by atoms with E-state index in [1.165, 1.54) is 16.7 Å². The van der Waals surface area contributed by atoms with Gasteiger partial charge in [0.1, 0.15) is 0 Å². The Labute approximate surface area is 161 Å². The molecule has 0 bridgehead atoms. The van der Waals surface area contributed by atoms with Crippen LogP contribution >= 0.6 is 0 Å². The van der Waals surface area contributed by atoms with Crippen LogP contribution in [0.25, 0.3) is 11.1 Å². The lowest BCUT2D eigenvalue weighted by molar-refractivity contribution is 0.0515. The number of aliphatic hydroxyl groups excluding tert-OH is 1. The maximum absolute atomic E-state index is 10.7. The zero-order valence-electron chi connectivity index (χ0n) is 15.8. The molecule has 140 valence electrons. The summed E-state index contributed by atoms with van der Waals surface area (Å²) in [5, 5.41) is 14.9. The number of benzene rings is 2. The first-order chi connectivity index (χ1) is 13.2. The second kappa shape index (κ2) is 8.07. The topological polar surface area (TPSA) is 41.3 Å². The average molecular weight is 361 g/mol. The van der Waals surface area contributed by atoms with E-state index in [0.29, 0.717) is 5.92 Å². The molecule has 1 N–H and O–H groups in total. The number of nitrogens with zero attached hydrogens (tertiary/aromatic N) is 3. The van der Waals surface area contributed by atoms with Crippen molar-refractivity contribution in [2.24, 2.45) is 13.0 Å². The number of hydrogen-bond donors (Lipinski definition) is 1. The van der Waals surface area contributed by atoms with Gasteiger partial charge in [-0.3, -0.25) is 9.58 Å². The molecule has 1 fully saturated rings. The van der Waals surface area contributed by atoms with Gasteiger partial charge in [-0.1, -0.05) is 54.6 Å². The molecule has 4 nitrogen and oxygen atoms in total. The molecule has 2 aromatic carbocycles. The van der Waals surface area contributed by atoms with Gasteiger partial charge in [0.2, 0.25) is 0 Å².